The fourth-order valence-electron chi connectivity index (χ4n) is 3.39. The van der Waals surface area contributed by atoms with E-state index in [2.05, 4.69) is 11.4 Å². The highest BCUT2D eigenvalue weighted by Crippen LogP contribution is 2.39. The Morgan fingerprint density at radius 1 is 1.11 bits per heavy atom. The molecule has 1 aromatic rings. The van der Waals surface area contributed by atoms with Crippen molar-refractivity contribution in [3.05, 3.63) is 41.7 Å². The lowest BCUT2D eigenvalue weighted by Gasteiger charge is -2.29. The van der Waals surface area contributed by atoms with Crippen LogP contribution in [0.15, 0.2) is 30.3 Å². The van der Waals surface area contributed by atoms with Gasteiger partial charge in [-0.3, -0.25) is 0 Å². The summed E-state index contributed by atoms with van der Waals surface area (Å²) >= 11 is 0. The van der Waals surface area contributed by atoms with Gasteiger partial charge in [0.2, 0.25) is 0 Å². The molecule has 1 nitrogen and oxygen atoms in total. The first-order valence-corrected chi connectivity index (χ1v) is 7.01. The van der Waals surface area contributed by atoms with E-state index in [4.69, 9.17) is 0 Å². The lowest BCUT2D eigenvalue weighted by molar-refractivity contribution is 0.397. The number of halogens is 1. The average Bonchev–Trinajstić information content (AvgIpc) is 2.93. The Morgan fingerprint density at radius 2 is 1.94 bits per heavy atom. The van der Waals surface area contributed by atoms with Crippen molar-refractivity contribution in [1.29, 1.82) is 0 Å². The molecule has 2 heteroatoms. The van der Waals surface area contributed by atoms with Crippen molar-refractivity contribution in [2.24, 2.45) is 11.8 Å². The summed E-state index contributed by atoms with van der Waals surface area (Å²) in [7, 11) is 0. The third-order valence-electron chi connectivity index (χ3n) is 4.33. The first kappa shape index (κ1) is 11.9. The van der Waals surface area contributed by atoms with Crippen molar-refractivity contribution in [3.63, 3.8) is 0 Å². The summed E-state index contributed by atoms with van der Waals surface area (Å²) in [5.41, 5.74) is 2.67. The minimum absolute atomic E-state index is 0.144. The maximum atomic E-state index is 13.0. The molecule has 1 heterocycles. The Hall–Kier alpha value is -1.15. The number of rotatable bonds is 2. The number of hydrogen-bond donors (Lipinski definition) is 1. The first-order chi connectivity index (χ1) is 8.84. The predicted molar refractivity (Wildman–Crippen MR) is 72.7 cm³/mol. The first-order valence-electron chi connectivity index (χ1n) is 7.01. The Morgan fingerprint density at radius 3 is 2.67 bits per heavy atom. The minimum atomic E-state index is -0.144. The van der Waals surface area contributed by atoms with Gasteiger partial charge >= 0.3 is 0 Å². The Kier molecular flexibility index (Phi) is 3.46. The molecule has 1 N–H and O–H groups in total. The fourth-order valence-corrected chi connectivity index (χ4v) is 3.39. The van der Waals surface area contributed by atoms with Gasteiger partial charge < -0.3 is 5.32 Å². The van der Waals surface area contributed by atoms with E-state index < -0.39 is 0 Å². The summed E-state index contributed by atoms with van der Waals surface area (Å²) in [6.07, 6.45) is 7.41. The van der Waals surface area contributed by atoms with Crippen LogP contribution in [0.3, 0.4) is 0 Å². The molecule has 0 spiro atoms. The second-order valence-electron chi connectivity index (χ2n) is 5.46. The van der Waals surface area contributed by atoms with Crippen LogP contribution in [0.2, 0.25) is 0 Å². The summed E-state index contributed by atoms with van der Waals surface area (Å²) in [4.78, 5) is 0. The standard InChI is InChI=1S/C16H20FN/c17-14-7-5-12(6-8-14)15-3-1-2-4-16(15)13-9-10-18-11-13/h3,5-8,13,16,18H,1-2,4,9-11H2/t13-,16?/m0/s1. The molecule has 2 aliphatic rings. The van der Waals surface area contributed by atoms with Gasteiger partial charge in [-0.05, 0) is 73.9 Å². The SMILES string of the molecule is Fc1ccc(C2=CCCCC2[C@H]2CCNC2)cc1. The Balaban J connectivity index is 1.87. The van der Waals surface area contributed by atoms with Crippen molar-refractivity contribution >= 4 is 5.57 Å². The highest BCUT2D eigenvalue weighted by Gasteiger charge is 2.29. The smallest absolute Gasteiger partial charge is 0.123 e. The average molecular weight is 245 g/mol. The summed E-state index contributed by atoms with van der Waals surface area (Å²) in [6, 6.07) is 7.02. The van der Waals surface area contributed by atoms with Gasteiger partial charge in [-0.25, -0.2) is 4.39 Å². The van der Waals surface area contributed by atoms with Crippen molar-refractivity contribution < 1.29 is 4.39 Å². The van der Waals surface area contributed by atoms with Gasteiger partial charge in [0, 0.05) is 0 Å². The normalized spacial score (nSPS) is 28.2. The molecule has 0 bridgehead atoms. The van der Waals surface area contributed by atoms with Crippen LogP contribution in [-0.2, 0) is 0 Å². The molecule has 0 radical (unpaired) electrons. The van der Waals surface area contributed by atoms with Crippen LogP contribution in [0.25, 0.3) is 5.57 Å². The van der Waals surface area contributed by atoms with Gasteiger partial charge in [0.25, 0.3) is 0 Å². The zero-order valence-electron chi connectivity index (χ0n) is 10.7. The molecule has 3 rings (SSSR count). The molecule has 18 heavy (non-hydrogen) atoms. The zero-order chi connectivity index (χ0) is 12.4. The van der Waals surface area contributed by atoms with E-state index >= 15 is 0 Å². The van der Waals surface area contributed by atoms with E-state index in [0.29, 0.717) is 5.92 Å². The Bertz CT molecular complexity index is 429. The molecule has 96 valence electrons. The molecule has 1 aromatic carbocycles. The third kappa shape index (κ3) is 2.35. The number of allylic oxidation sites excluding steroid dienone is 2. The molecule has 1 saturated heterocycles. The fraction of sp³-hybridized carbons (Fsp3) is 0.500. The summed E-state index contributed by atoms with van der Waals surface area (Å²) in [6.45, 7) is 2.29. The van der Waals surface area contributed by atoms with Crippen LogP contribution in [0.1, 0.15) is 31.2 Å². The largest absolute Gasteiger partial charge is 0.316 e. The van der Waals surface area contributed by atoms with E-state index in [1.165, 1.54) is 36.8 Å². The van der Waals surface area contributed by atoms with Crippen LogP contribution in [0.5, 0.6) is 0 Å². The van der Waals surface area contributed by atoms with E-state index in [0.717, 1.165) is 19.0 Å². The molecule has 0 saturated carbocycles. The topological polar surface area (TPSA) is 12.0 Å². The predicted octanol–water partition coefficient (Wildman–Crippen LogP) is 3.62. The van der Waals surface area contributed by atoms with Crippen LogP contribution >= 0.6 is 0 Å². The van der Waals surface area contributed by atoms with E-state index in [9.17, 15) is 4.39 Å². The van der Waals surface area contributed by atoms with Crippen molar-refractivity contribution in [1.82, 2.24) is 5.32 Å². The number of hydrogen-bond acceptors (Lipinski definition) is 1. The van der Waals surface area contributed by atoms with E-state index in [1.54, 1.807) is 12.1 Å². The lowest BCUT2D eigenvalue weighted by Crippen LogP contribution is -2.21. The second-order valence-corrected chi connectivity index (χ2v) is 5.46. The highest BCUT2D eigenvalue weighted by molar-refractivity contribution is 5.68. The van der Waals surface area contributed by atoms with E-state index in [1.807, 2.05) is 12.1 Å². The van der Waals surface area contributed by atoms with Gasteiger partial charge in [-0.1, -0.05) is 18.2 Å². The van der Waals surface area contributed by atoms with Gasteiger partial charge in [-0.15, -0.1) is 0 Å². The van der Waals surface area contributed by atoms with Crippen LogP contribution in [0.4, 0.5) is 4.39 Å². The van der Waals surface area contributed by atoms with E-state index in [-0.39, 0.29) is 5.82 Å². The summed E-state index contributed by atoms with van der Waals surface area (Å²) in [5, 5.41) is 3.46. The maximum absolute atomic E-state index is 13.0. The van der Waals surface area contributed by atoms with Crippen molar-refractivity contribution in [3.8, 4) is 0 Å². The molecular formula is C16H20FN. The quantitative estimate of drug-likeness (QED) is 0.839. The molecule has 1 unspecified atom stereocenters. The molecule has 1 fully saturated rings. The van der Waals surface area contributed by atoms with Crippen molar-refractivity contribution in [2.45, 2.75) is 25.7 Å². The molecule has 1 aliphatic carbocycles. The molecule has 2 atom stereocenters. The summed E-state index contributed by atoms with van der Waals surface area (Å²) < 4.78 is 13.0. The van der Waals surface area contributed by atoms with Gasteiger partial charge in [0.05, 0.1) is 0 Å². The summed E-state index contributed by atoms with van der Waals surface area (Å²) in [5.74, 6) is 1.29. The third-order valence-corrected chi connectivity index (χ3v) is 4.33. The van der Waals surface area contributed by atoms with Crippen LogP contribution in [-0.4, -0.2) is 13.1 Å². The molecular weight excluding hydrogens is 225 g/mol. The minimum Gasteiger partial charge on any atom is -0.316 e. The Labute approximate surface area is 108 Å². The number of benzene rings is 1. The highest BCUT2D eigenvalue weighted by atomic mass is 19.1. The van der Waals surface area contributed by atoms with Gasteiger partial charge in [0.15, 0.2) is 0 Å². The monoisotopic (exact) mass is 245 g/mol. The number of nitrogens with one attached hydrogen (secondary N) is 1. The van der Waals surface area contributed by atoms with Gasteiger partial charge in [-0.2, -0.15) is 0 Å². The molecule has 0 amide bonds. The zero-order valence-corrected chi connectivity index (χ0v) is 10.7. The van der Waals surface area contributed by atoms with Crippen LogP contribution in [0, 0.1) is 17.7 Å². The molecule has 0 aromatic heterocycles. The lowest BCUT2D eigenvalue weighted by atomic mass is 9.75. The van der Waals surface area contributed by atoms with Crippen LogP contribution < -0.4 is 5.32 Å². The van der Waals surface area contributed by atoms with Crippen molar-refractivity contribution in [2.75, 3.05) is 13.1 Å². The maximum Gasteiger partial charge on any atom is 0.123 e. The molecule has 1 aliphatic heterocycles. The second kappa shape index (κ2) is 5.23. The van der Waals surface area contributed by atoms with Gasteiger partial charge in [0.1, 0.15) is 5.82 Å².